The topological polar surface area (TPSA) is 41.6 Å². The lowest BCUT2D eigenvalue weighted by Crippen LogP contribution is -2.59. The number of aliphatic imine (C=N–C) groups is 1. The van der Waals surface area contributed by atoms with E-state index in [9.17, 15) is 4.39 Å². The molecule has 1 aromatic rings. The van der Waals surface area contributed by atoms with Gasteiger partial charge in [0.25, 0.3) is 0 Å². The number of guanidine groups is 1. The molecule has 2 N–H and O–H groups in total. The zero-order chi connectivity index (χ0) is 15.3. The number of benzene rings is 1. The quantitative estimate of drug-likeness (QED) is 0.859. The van der Waals surface area contributed by atoms with Gasteiger partial charge in [0, 0.05) is 5.69 Å². The Hall–Kier alpha value is -1.58. The maximum atomic E-state index is 13.6. The van der Waals surface area contributed by atoms with Crippen molar-refractivity contribution in [2.75, 3.05) is 11.4 Å². The fraction of sp³-hybridized carbons (Fsp3) is 0.588. The summed E-state index contributed by atoms with van der Waals surface area (Å²) in [5, 5.41) is 0. The van der Waals surface area contributed by atoms with E-state index in [4.69, 9.17) is 5.73 Å². The van der Waals surface area contributed by atoms with E-state index >= 15 is 0 Å². The summed E-state index contributed by atoms with van der Waals surface area (Å²) in [6.45, 7) is 7.64. The minimum atomic E-state index is -0.230. The molecule has 0 bridgehead atoms. The molecule has 3 rings (SSSR count). The molecule has 0 radical (unpaired) electrons. The summed E-state index contributed by atoms with van der Waals surface area (Å²) >= 11 is 0. The van der Waals surface area contributed by atoms with Crippen molar-refractivity contribution in [1.29, 1.82) is 0 Å². The molecule has 1 spiro atoms. The maximum absolute atomic E-state index is 13.6. The molecular formula is C17H24FN3. The molecule has 21 heavy (non-hydrogen) atoms. The zero-order valence-electron chi connectivity index (χ0n) is 13.1. The predicted molar refractivity (Wildman–Crippen MR) is 84.9 cm³/mol. The average Bonchev–Trinajstić information content (AvgIpc) is 2.73. The van der Waals surface area contributed by atoms with E-state index in [-0.39, 0.29) is 11.4 Å². The van der Waals surface area contributed by atoms with Gasteiger partial charge < -0.3 is 10.6 Å². The Morgan fingerprint density at radius 2 is 2.10 bits per heavy atom. The Bertz CT molecular complexity index is 581. The van der Waals surface area contributed by atoms with Crippen LogP contribution in [-0.4, -0.2) is 18.0 Å². The van der Waals surface area contributed by atoms with Crippen LogP contribution >= 0.6 is 0 Å². The van der Waals surface area contributed by atoms with Gasteiger partial charge in [0.2, 0.25) is 0 Å². The van der Waals surface area contributed by atoms with Crippen molar-refractivity contribution in [3.8, 4) is 0 Å². The summed E-state index contributed by atoms with van der Waals surface area (Å²) < 4.78 is 13.6. The van der Waals surface area contributed by atoms with E-state index in [1.165, 1.54) is 6.07 Å². The van der Waals surface area contributed by atoms with E-state index in [1.807, 2.05) is 6.07 Å². The second kappa shape index (κ2) is 4.72. The van der Waals surface area contributed by atoms with Crippen LogP contribution in [0.1, 0.15) is 40.0 Å². The molecule has 0 saturated heterocycles. The first-order valence-corrected chi connectivity index (χ1v) is 7.70. The van der Waals surface area contributed by atoms with Gasteiger partial charge in [0.15, 0.2) is 5.96 Å². The van der Waals surface area contributed by atoms with Crippen molar-refractivity contribution < 1.29 is 4.39 Å². The molecule has 0 aromatic heterocycles. The molecule has 3 nitrogen and oxygen atoms in total. The summed E-state index contributed by atoms with van der Waals surface area (Å²) in [5.41, 5.74) is 7.24. The van der Waals surface area contributed by atoms with Crippen LogP contribution in [0.25, 0.3) is 0 Å². The molecule has 2 aliphatic rings. The molecule has 0 amide bonds. The average molecular weight is 289 g/mol. The van der Waals surface area contributed by atoms with E-state index in [2.05, 4.69) is 30.7 Å². The number of hydrogen-bond donors (Lipinski definition) is 1. The molecule has 1 aromatic carbocycles. The van der Waals surface area contributed by atoms with Crippen molar-refractivity contribution in [2.24, 2.45) is 22.1 Å². The number of nitrogens with two attached hydrogens (primary N) is 1. The van der Waals surface area contributed by atoms with E-state index < -0.39 is 0 Å². The van der Waals surface area contributed by atoms with Gasteiger partial charge in [-0.25, -0.2) is 4.39 Å². The van der Waals surface area contributed by atoms with Gasteiger partial charge in [0.05, 0.1) is 12.1 Å². The molecule has 1 aliphatic carbocycles. The molecule has 2 unspecified atom stereocenters. The Morgan fingerprint density at radius 3 is 2.76 bits per heavy atom. The molecule has 114 valence electrons. The van der Waals surface area contributed by atoms with Gasteiger partial charge in [-0.2, -0.15) is 0 Å². The van der Waals surface area contributed by atoms with Crippen molar-refractivity contribution in [2.45, 2.75) is 45.6 Å². The van der Waals surface area contributed by atoms with Crippen LogP contribution in [0.2, 0.25) is 0 Å². The van der Waals surface area contributed by atoms with Gasteiger partial charge in [-0.1, -0.05) is 26.8 Å². The van der Waals surface area contributed by atoms with E-state index in [0.717, 1.165) is 24.9 Å². The minimum absolute atomic E-state index is 0.0899. The lowest BCUT2D eigenvalue weighted by Gasteiger charge is -2.51. The smallest absolute Gasteiger partial charge is 0.196 e. The summed E-state index contributed by atoms with van der Waals surface area (Å²) in [7, 11) is 0. The first-order chi connectivity index (χ1) is 9.84. The van der Waals surface area contributed by atoms with Gasteiger partial charge in [-0.15, -0.1) is 0 Å². The predicted octanol–water partition coefficient (Wildman–Crippen LogP) is 3.55. The van der Waals surface area contributed by atoms with Crippen LogP contribution in [0, 0.1) is 17.2 Å². The van der Waals surface area contributed by atoms with Crippen LogP contribution in [0.3, 0.4) is 0 Å². The van der Waals surface area contributed by atoms with Crippen molar-refractivity contribution in [3.05, 3.63) is 30.1 Å². The highest BCUT2D eigenvalue weighted by Crippen LogP contribution is 2.49. The third kappa shape index (κ3) is 2.30. The fourth-order valence-corrected chi connectivity index (χ4v) is 4.08. The third-order valence-electron chi connectivity index (χ3n) is 5.27. The molecule has 4 heteroatoms. The Labute approximate surface area is 126 Å². The highest BCUT2D eigenvalue weighted by molar-refractivity contribution is 5.98. The summed E-state index contributed by atoms with van der Waals surface area (Å²) in [6, 6.07) is 6.68. The van der Waals surface area contributed by atoms with Crippen LogP contribution < -0.4 is 10.6 Å². The maximum Gasteiger partial charge on any atom is 0.196 e. The van der Waals surface area contributed by atoms with Gasteiger partial charge >= 0.3 is 0 Å². The summed E-state index contributed by atoms with van der Waals surface area (Å²) in [4.78, 5) is 6.58. The number of halogens is 1. The molecule has 1 fully saturated rings. The van der Waals surface area contributed by atoms with Crippen molar-refractivity contribution in [3.63, 3.8) is 0 Å². The minimum Gasteiger partial charge on any atom is -0.369 e. The monoisotopic (exact) mass is 289 g/mol. The Kier molecular flexibility index (Phi) is 3.23. The molecule has 1 aliphatic heterocycles. The molecule has 2 atom stereocenters. The number of hydrogen-bond acceptors (Lipinski definition) is 3. The van der Waals surface area contributed by atoms with Crippen LogP contribution in [0.4, 0.5) is 10.1 Å². The third-order valence-corrected chi connectivity index (χ3v) is 5.27. The number of anilines is 1. The second-order valence-corrected chi connectivity index (χ2v) is 7.36. The van der Waals surface area contributed by atoms with Crippen LogP contribution in [-0.2, 0) is 0 Å². The second-order valence-electron chi connectivity index (χ2n) is 7.36. The van der Waals surface area contributed by atoms with E-state index in [1.54, 1.807) is 12.1 Å². The Balaban J connectivity index is 1.99. The summed E-state index contributed by atoms with van der Waals surface area (Å²) in [6.07, 6.45) is 3.33. The standard InChI is InChI=1S/C17H24FN3/c1-12-10-16(2,3)7-8-17(12)11-20-15(19)21(17)14-6-4-5-13(18)9-14/h4-6,9,12H,7-8,10-11H2,1-3H3,(H2,19,20). The fourth-order valence-electron chi connectivity index (χ4n) is 4.08. The SMILES string of the molecule is CC1CC(C)(C)CCC12CN=C(N)N2c1cccc(F)c1. The Morgan fingerprint density at radius 1 is 1.33 bits per heavy atom. The van der Waals surface area contributed by atoms with Crippen molar-refractivity contribution in [1.82, 2.24) is 0 Å². The van der Waals surface area contributed by atoms with Gasteiger partial charge in [-0.3, -0.25) is 4.99 Å². The number of rotatable bonds is 1. The highest BCUT2D eigenvalue weighted by atomic mass is 19.1. The lowest BCUT2D eigenvalue weighted by atomic mass is 9.63. The van der Waals surface area contributed by atoms with Crippen molar-refractivity contribution >= 4 is 11.6 Å². The first-order valence-electron chi connectivity index (χ1n) is 7.70. The van der Waals surface area contributed by atoms with E-state index in [0.29, 0.717) is 23.8 Å². The van der Waals surface area contributed by atoms with Gasteiger partial charge in [0.1, 0.15) is 5.82 Å². The van der Waals surface area contributed by atoms with Crippen LogP contribution in [0.15, 0.2) is 29.3 Å². The zero-order valence-corrected chi connectivity index (χ0v) is 13.1. The lowest BCUT2D eigenvalue weighted by molar-refractivity contribution is 0.114. The normalized spacial score (nSPS) is 31.5. The highest BCUT2D eigenvalue weighted by Gasteiger charge is 2.51. The molecule has 1 saturated carbocycles. The molecular weight excluding hydrogens is 265 g/mol. The molecule has 1 heterocycles. The number of nitrogens with zero attached hydrogens (tertiary/aromatic N) is 2. The van der Waals surface area contributed by atoms with Gasteiger partial charge in [-0.05, 0) is 48.8 Å². The first kappa shape index (κ1) is 14.4. The largest absolute Gasteiger partial charge is 0.369 e. The van der Waals surface area contributed by atoms with Crippen LogP contribution in [0.5, 0.6) is 0 Å². The summed E-state index contributed by atoms with van der Waals surface area (Å²) in [5.74, 6) is 0.757.